The standard InChI is InChI=1S/C21H24Cl2N2O2S/c1-13(20(27)25-17-9-14(22)8-15(23)10-17)28-18-7-5-6-16(11-18)24-19(26)12-21(2,3)4/h5-11,13H,12H2,1-4H3,(H,24,26)(H,25,27). The Morgan fingerprint density at radius 2 is 1.64 bits per heavy atom. The number of hydrogen-bond acceptors (Lipinski definition) is 3. The summed E-state index contributed by atoms with van der Waals surface area (Å²) in [7, 11) is 0. The Morgan fingerprint density at radius 3 is 2.25 bits per heavy atom. The van der Waals surface area contributed by atoms with Crippen LogP contribution in [0.3, 0.4) is 0 Å². The van der Waals surface area contributed by atoms with Gasteiger partial charge in [-0.15, -0.1) is 11.8 Å². The largest absolute Gasteiger partial charge is 0.326 e. The Bertz CT molecular complexity index is 845. The second-order valence-corrected chi connectivity index (χ2v) is 10.0. The highest BCUT2D eigenvalue weighted by atomic mass is 35.5. The number of anilines is 2. The fraction of sp³-hybridized carbons (Fsp3) is 0.333. The van der Waals surface area contributed by atoms with Crippen molar-refractivity contribution < 1.29 is 9.59 Å². The first-order chi connectivity index (χ1) is 13.0. The van der Waals surface area contributed by atoms with Crippen LogP contribution in [-0.2, 0) is 9.59 Å². The number of carbonyl (C=O) groups is 2. The molecule has 0 spiro atoms. The quantitative estimate of drug-likeness (QED) is 0.506. The van der Waals surface area contributed by atoms with E-state index in [-0.39, 0.29) is 22.5 Å². The maximum Gasteiger partial charge on any atom is 0.237 e. The molecule has 2 aromatic carbocycles. The van der Waals surface area contributed by atoms with E-state index in [0.29, 0.717) is 27.8 Å². The van der Waals surface area contributed by atoms with E-state index in [2.05, 4.69) is 10.6 Å². The van der Waals surface area contributed by atoms with Crippen LogP contribution in [0, 0.1) is 5.41 Å². The van der Waals surface area contributed by atoms with Crippen molar-refractivity contribution in [1.29, 1.82) is 0 Å². The van der Waals surface area contributed by atoms with Crippen molar-refractivity contribution in [3.05, 3.63) is 52.5 Å². The predicted octanol–water partition coefficient (Wildman–Crippen LogP) is 6.49. The Kier molecular flexibility index (Phi) is 7.81. The van der Waals surface area contributed by atoms with Crippen LogP contribution >= 0.6 is 35.0 Å². The van der Waals surface area contributed by atoms with E-state index in [9.17, 15) is 9.59 Å². The summed E-state index contributed by atoms with van der Waals surface area (Å²) in [6.45, 7) is 7.88. The van der Waals surface area contributed by atoms with Gasteiger partial charge in [-0.05, 0) is 48.7 Å². The van der Waals surface area contributed by atoms with Crippen molar-refractivity contribution in [1.82, 2.24) is 0 Å². The number of hydrogen-bond donors (Lipinski definition) is 2. The minimum Gasteiger partial charge on any atom is -0.326 e. The number of amides is 2. The Hall–Kier alpha value is -1.69. The molecule has 2 aromatic rings. The van der Waals surface area contributed by atoms with Gasteiger partial charge in [0.25, 0.3) is 0 Å². The van der Waals surface area contributed by atoms with Gasteiger partial charge in [0.15, 0.2) is 0 Å². The van der Waals surface area contributed by atoms with Gasteiger partial charge in [-0.3, -0.25) is 9.59 Å². The first kappa shape index (κ1) is 22.6. The average molecular weight is 439 g/mol. The fourth-order valence-corrected chi connectivity index (χ4v) is 3.91. The summed E-state index contributed by atoms with van der Waals surface area (Å²) in [6, 6.07) is 12.4. The summed E-state index contributed by atoms with van der Waals surface area (Å²) in [4.78, 5) is 25.5. The van der Waals surface area contributed by atoms with Gasteiger partial charge < -0.3 is 10.6 Å². The van der Waals surface area contributed by atoms with Gasteiger partial charge in [-0.25, -0.2) is 0 Å². The van der Waals surface area contributed by atoms with Crippen LogP contribution in [0.5, 0.6) is 0 Å². The van der Waals surface area contributed by atoms with Crippen molar-refractivity contribution >= 4 is 58.2 Å². The Morgan fingerprint density at radius 1 is 1.00 bits per heavy atom. The van der Waals surface area contributed by atoms with Crippen LogP contribution in [-0.4, -0.2) is 17.1 Å². The van der Waals surface area contributed by atoms with Crippen molar-refractivity contribution in [3.63, 3.8) is 0 Å². The molecule has 0 aliphatic heterocycles. The molecule has 2 N–H and O–H groups in total. The molecule has 2 amide bonds. The summed E-state index contributed by atoms with van der Waals surface area (Å²) in [5.41, 5.74) is 1.19. The van der Waals surface area contributed by atoms with Gasteiger partial charge in [0.05, 0.1) is 5.25 Å². The SMILES string of the molecule is CC(Sc1cccc(NC(=O)CC(C)(C)C)c1)C(=O)Nc1cc(Cl)cc(Cl)c1. The molecule has 2 rings (SSSR count). The number of benzene rings is 2. The summed E-state index contributed by atoms with van der Waals surface area (Å²) in [6.07, 6.45) is 0.436. The molecule has 0 aromatic heterocycles. The van der Waals surface area contributed by atoms with Crippen LogP contribution < -0.4 is 10.6 Å². The summed E-state index contributed by atoms with van der Waals surface area (Å²) < 4.78 is 0. The van der Waals surface area contributed by atoms with Crippen molar-refractivity contribution in [2.24, 2.45) is 5.41 Å². The maximum absolute atomic E-state index is 12.5. The number of nitrogens with one attached hydrogen (secondary N) is 2. The van der Waals surface area contributed by atoms with E-state index in [1.807, 2.05) is 52.0 Å². The Labute approximate surface area is 180 Å². The van der Waals surface area contributed by atoms with E-state index in [1.54, 1.807) is 18.2 Å². The van der Waals surface area contributed by atoms with Gasteiger partial charge in [0.1, 0.15) is 0 Å². The Balaban J connectivity index is 1.98. The summed E-state index contributed by atoms with van der Waals surface area (Å²) in [5.74, 6) is -0.191. The van der Waals surface area contributed by atoms with Crippen molar-refractivity contribution in [2.75, 3.05) is 10.6 Å². The van der Waals surface area contributed by atoms with Crippen LogP contribution in [0.2, 0.25) is 10.0 Å². The molecule has 0 heterocycles. The predicted molar refractivity (Wildman–Crippen MR) is 120 cm³/mol. The lowest BCUT2D eigenvalue weighted by Gasteiger charge is -2.17. The molecular formula is C21H24Cl2N2O2S. The monoisotopic (exact) mass is 438 g/mol. The lowest BCUT2D eigenvalue weighted by Crippen LogP contribution is -2.22. The summed E-state index contributed by atoms with van der Waals surface area (Å²) >= 11 is 13.3. The highest BCUT2D eigenvalue weighted by molar-refractivity contribution is 8.00. The topological polar surface area (TPSA) is 58.2 Å². The normalized spacial score (nSPS) is 12.4. The molecule has 1 atom stereocenters. The molecule has 0 aliphatic rings. The second kappa shape index (κ2) is 9.68. The highest BCUT2D eigenvalue weighted by Gasteiger charge is 2.17. The zero-order valence-electron chi connectivity index (χ0n) is 16.3. The van der Waals surface area contributed by atoms with Crippen LogP contribution in [0.1, 0.15) is 34.1 Å². The maximum atomic E-state index is 12.5. The number of thioether (sulfide) groups is 1. The third kappa shape index (κ3) is 7.74. The average Bonchev–Trinajstić information content (AvgIpc) is 2.52. The molecule has 0 aliphatic carbocycles. The molecular weight excluding hydrogens is 415 g/mol. The minimum absolute atomic E-state index is 0.0294. The van der Waals surface area contributed by atoms with E-state index in [0.717, 1.165) is 4.90 Å². The molecule has 4 nitrogen and oxygen atoms in total. The minimum atomic E-state index is -0.349. The van der Waals surface area contributed by atoms with Crippen LogP contribution in [0.15, 0.2) is 47.4 Å². The van der Waals surface area contributed by atoms with Gasteiger partial charge in [-0.2, -0.15) is 0 Å². The fourth-order valence-electron chi connectivity index (χ4n) is 2.46. The smallest absolute Gasteiger partial charge is 0.237 e. The molecule has 0 radical (unpaired) electrons. The zero-order chi connectivity index (χ0) is 20.9. The molecule has 150 valence electrons. The van der Waals surface area contributed by atoms with Crippen molar-refractivity contribution in [3.8, 4) is 0 Å². The lowest BCUT2D eigenvalue weighted by molar-refractivity contribution is -0.118. The van der Waals surface area contributed by atoms with E-state index in [1.165, 1.54) is 11.8 Å². The van der Waals surface area contributed by atoms with E-state index < -0.39 is 0 Å². The number of halogens is 2. The van der Waals surface area contributed by atoms with Crippen LogP contribution in [0.4, 0.5) is 11.4 Å². The molecule has 1 unspecified atom stereocenters. The third-order valence-corrected chi connectivity index (χ3v) is 5.15. The highest BCUT2D eigenvalue weighted by Crippen LogP contribution is 2.28. The molecule has 0 saturated heterocycles. The van der Waals surface area contributed by atoms with Gasteiger partial charge in [0, 0.05) is 32.7 Å². The van der Waals surface area contributed by atoms with Crippen LogP contribution in [0.25, 0.3) is 0 Å². The molecule has 7 heteroatoms. The van der Waals surface area contributed by atoms with Gasteiger partial charge in [0.2, 0.25) is 11.8 Å². The molecule has 0 bridgehead atoms. The molecule has 0 saturated carbocycles. The van der Waals surface area contributed by atoms with Gasteiger partial charge >= 0.3 is 0 Å². The van der Waals surface area contributed by atoms with Crippen molar-refractivity contribution in [2.45, 2.75) is 44.3 Å². The zero-order valence-corrected chi connectivity index (χ0v) is 18.6. The number of carbonyl (C=O) groups excluding carboxylic acids is 2. The number of rotatable bonds is 6. The first-order valence-electron chi connectivity index (χ1n) is 8.85. The molecule has 28 heavy (non-hydrogen) atoms. The van der Waals surface area contributed by atoms with E-state index >= 15 is 0 Å². The lowest BCUT2D eigenvalue weighted by atomic mass is 9.92. The summed E-state index contributed by atoms with van der Waals surface area (Å²) in [5, 5.41) is 6.30. The second-order valence-electron chi connectivity index (χ2n) is 7.72. The van der Waals surface area contributed by atoms with Gasteiger partial charge in [-0.1, -0.05) is 50.0 Å². The van der Waals surface area contributed by atoms with E-state index in [4.69, 9.17) is 23.2 Å². The third-order valence-electron chi connectivity index (χ3n) is 3.62. The first-order valence-corrected chi connectivity index (χ1v) is 10.5. The molecule has 0 fully saturated rings.